The molecule has 25 heavy (non-hydrogen) atoms. The zero-order chi connectivity index (χ0) is 18.1. The van der Waals surface area contributed by atoms with Gasteiger partial charge in [-0.1, -0.05) is 41.4 Å². The largest absolute Gasteiger partial charge is 0.495 e. The molecule has 0 fully saturated rings. The molecule has 0 bridgehead atoms. The Morgan fingerprint density at radius 1 is 1.04 bits per heavy atom. The number of nitrogens with zero attached hydrogens (tertiary/aromatic N) is 1. The van der Waals surface area contributed by atoms with Crippen LogP contribution in [0.3, 0.4) is 0 Å². The first-order valence-corrected chi connectivity index (χ1v) is 8.11. The molecular formula is C18H14Cl2N2O3. The predicted molar refractivity (Wildman–Crippen MR) is 97.8 cm³/mol. The number of methoxy groups -OCH3 is 1. The van der Waals surface area contributed by atoms with Crippen molar-refractivity contribution in [3.05, 3.63) is 63.8 Å². The van der Waals surface area contributed by atoms with Gasteiger partial charge in [0.15, 0.2) is 0 Å². The summed E-state index contributed by atoms with van der Waals surface area (Å²) >= 11 is 12.2. The number of carbonyl (C=O) groups excluding carboxylic acids is 2. The third-order valence-electron chi connectivity index (χ3n) is 3.85. The lowest BCUT2D eigenvalue weighted by molar-refractivity contribution is -0.135. The molecule has 5 nitrogen and oxygen atoms in total. The number of carbonyl (C=O) groups is 2. The van der Waals surface area contributed by atoms with Crippen LogP contribution in [0.25, 0.3) is 5.57 Å². The van der Waals surface area contributed by atoms with E-state index < -0.39 is 11.8 Å². The highest BCUT2D eigenvalue weighted by Gasteiger charge is 2.37. The van der Waals surface area contributed by atoms with Gasteiger partial charge in [-0.3, -0.25) is 14.5 Å². The average molecular weight is 377 g/mol. The number of hydrogen-bond acceptors (Lipinski definition) is 4. The second-order valence-electron chi connectivity index (χ2n) is 5.37. The summed E-state index contributed by atoms with van der Waals surface area (Å²) in [6, 6.07) is 11.9. The normalized spacial score (nSPS) is 14.3. The number of hydrogen-bond donors (Lipinski definition) is 1. The van der Waals surface area contributed by atoms with Crippen LogP contribution in [0.2, 0.25) is 10.0 Å². The molecule has 128 valence electrons. The molecule has 7 heteroatoms. The molecule has 2 amide bonds. The minimum absolute atomic E-state index is 0.140. The topological polar surface area (TPSA) is 58.6 Å². The van der Waals surface area contributed by atoms with Crippen LogP contribution in [0.4, 0.5) is 5.69 Å². The van der Waals surface area contributed by atoms with Crippen molar-refractivity contribution in [3.8, 4) is 5.75 Å². The fourth-order valence-electron chi connectivity index (χ4n) is 2.58. The maximum Gasteiger partial charge on any atom is 0.277 e. The first-order chi connectivity index (χ1) is 11.9. The van der Waals surface area contributed by atoms with Gasteiger partial charge in [0.1, 0.15) is 11.4 Å². The number of likely N-dealkylation sites (N-methyl/N-ethyl adjacent to an activating group) is 1. The van der Waals surface area contributed by atoms with Crippen molar-refractivity contribution in [3.63, 3.8) is 0 Å². The fourth-order valence-corrected chi connectivity index (χ4v) is 3.09. The van der Waals surface area contributed by atoms with Crippen LogP contribution in [0.1, 0.15) is 5.56 Å². The minimum Gasteiger partial charge on any atom is -0.495 e. The summed E-state index contributed by atoms with van der Waals surface area (Å²) in [5.74, 6) is -0.338. The van der Waals surface area contributed by atoms with Crippen molar-refractivity contribution in [1.82, 2.24) is 4.90 Å². The molecule has 1 heterocycles. The molecule has 0 atom stereocenters. The van der Waals surface area contributed by atoms with E-state index in [9.17, 15) is 9.59 Å². The van der Waals surface area contributed by atoms with E-state index in [0.29, 0.717) is 27.0 Å². The first kappa shape index (κ1) is 17.3. The standard InChI is InChI=1S/C18H14Cl2N2O3/c1-22-17(23)15(11-8-7-10(19)9-12(11)20)16(18(22)24)21-13-5-3-4-6-14(13)25-2/h3-9,21H,1-2H3. The number of benzene rings is 2. The molecular weight excluding hydrogens is 363 g/mol. The van der Waals surface area contributed by atoms with Crippen molar-refractivity contribution >= 4 is 46.3 Å². The van der Waals surface area contributed by atoms with Crippen molar-refractivity contribution in [2.75, 3.05) is 19.5 Å². The highest BCUT2D eigenvalue weighted by Crippen LogP contribution is 2.36. The molecule has 0 saturated carbocycles. The van der Waals surface area contributed by atoms with Crippen LogP contribution >= 0.6 is 23.2 Å². The molecule has 0 aromatic heterocycles. The molecule has 1 N–H and O–H groups in total. The number of amides is 2. The summed E-state index contributed by atoms with van der Waals surface area (Å²) in [6.07, 6.45) is 0. The van der Waals surface area contributed by atoms with E-state index in [2.05, 4.69) is 5.32 Å². The summed E-state index contributed by atoms with van der Waals surface area (Å²) in [4.78, 5) is 26.2. The van der Waals surface area contributed by atoms with Crippen LogP contribution in [-0.2, 0) is 9.59 Å². The molecule has 0 saturated heterocycles. The summed E-state index contributed by atoms with van der Waals surface area (Å²) in [5, 5.41) is 3.75. The molecule has 2 aromatic rings. The molecule has 0 unspecified atom stereocenters. The van der Waals surface area contributed by atoms with Gasteiger partial charge in [0.05, 0.1) is 23.4 Å². The quantitative estimate of drug-likeness (QED) is 0.823. The number of anilines is 1. The minimum atomic E-state index is -0.447. The van der Waals surface area contributed by atoms with E-state index in [1.54, 1.807) is 30.3 Å². The lowest BCUT2D eigenvalue weighted by Gasteiger charge is -2.12. The molecule has 2 aromatic carbocycles. The van der Waals surface area contributed by atoms with E-state index >= 15 is 0 Å². The smallest absolute Gasteiger partial charge is 0.277 e. The summed E-state index contributed by atoms with van der Waals surface area (Å²) in [5.41, 5.74) is 1.34. The Kier molecular flexibility index (Phi) is 4.70. The monoisotopic (exact) mass is 376 g/mol. The summed E-state index contributed by atoms with van der Waals surface area (Å²) in [6.45, 7) is 0. The zero-order valence-electron chi connectivity index (χ0n) is 13.5. The molecule has 0 spiro atoms. The van der Waals surface area contributed by atoms with Gasteiger partial charge in [0.25, 0.3) is 11.8 Å². The maximum absolute atomic E-state index is 12.6. The Morgan fingerprint density at radius 2 is 1.76 bits per heavy atom. The second-order valence-corrected chi connectivity index (χ2v) is 6.21. The van der Waals surface area contributed by atoms with Crippen LogP contribution in [0, 0.1) is 0 Å². The maximum atomic E-state index is 12.6. The van der Waals surface area contributed by atoms with Gasteiger partial charge in [-0.2, -0.15) is 0 Å². The molecule has 3 rings (SSSR count). The Labute approximate surface area is 154 Å². The average Bonchev–Trinajstić information content (AvgIpc) is 2.80. The van der Waals surface area contributed by atoms with Gasteiger partial charge in [0.2, 0.25) is 0 Å². The number of ether oxygens (including phenoxy) is 1. The lowest BCUT2D eigenvalue weighted by atomic mass is 10.0. The van der Waals surface area contributed by atoms with E-state index in [1.165, 1.54) is 20.2 Å². The fraction of sp³-hybridized carbons (Fsp3) is 0.111. The van der Waals surface area contributed by atoms with Gasteiger partial charge in [-0.25, -0.2) is 0 Å². The van der Waals surface area contributed by atoms with Crippen molar-refractivity contribution in [2.24, 2.45) is 0 Å². The summed E-state index contributed by atoms with van der Waals surface area (Å²) < 4.78 is 5.29. The van der Waals surface area contributed by atoms with E-state index in [1.807, 2.05) is 6.07 Å². The van der Waals surface area contributed by atoms with E-state index in [-0.39, 0.29) is 11.3 Å². The van der Waals surface area contributed by atoms with E-state index in [0.717, 1.165) is 4.90 Å². The van der Waals surface area contributed by atoms with E-state index in [4.69, 9.17) is 27.9 Å². The Morgan fingerprint density at radius 3 is 2.44 bits per heavy atom. The van der Waals surface area contributed by atoms with Gasteiger partial charge in [-0.15, -0.1) is 0 Å². The molecule has 1 aliphatic rings. The number of nitrogens with one attached hydrogen (secondary N) is 1. The Balaban J connectivity index is 2.15. The van der Waals surface area contributed by atoms with Gasteiger partial charge < -0.3 is 10.1 Å². The second kappa shape index (κ2) is 6.78. The van der Waals surface area contributed by atoms with Crippen molar-refractivity contribution in [2.45, 2.75) is 0 Å². The number of halogens is 2. The van der Waals surface area contributed by atoms with Crippen LogP contribution in [-0.4, -0.2) is 30.9 Å². The molecule has 0 radical (unpaired) electrons. The third kappa shape index (κ3) is 3.08. The van der Waals surface area contributed by atoms with Gasteiger partial charge >= 0.3 is 0 Å². The lowest BCUT2D eigenvalue weighted by Crippen LogP contribution is -2.28. The number of para-hydroxylation sites is 2. The van der Waals surface area contributed by atoms with Gasteiger partial charge in [-0.05, 0) is 24.3 Å². The van der Waals surface area contributed by atoms with Crippen molar-refractivity contribution in [1.29, 1.82) is 0 Å². The van der Waals surface area contributed by atoms with Crippen LogP contribution in [0.15, 0.2) is 48.2 Å². The summed E-state index contributed by atoms with van der Waals surface area (Å²) in [7, 11) is 2.95. The molecule has 1 aliphatic heterocycles. The Bertz CT molecular complexity index is 909. The van der Waals surface area contributed by atoms with Crippen LogP contribution < -0.4 is 10.1 Å². The molecule has 0 aliphatic carbocycles. The van der Waals surface area contributed by atoms with Crippen molar-refractivity contribution < 1.29 is 14.3 Å². The van der Waals surface area contributed by atoms with Gasteiger partial charge in [0, 0.05) is 17.6 Å². The number of rotatable bonds is 4. The highest BCUT2D eigenvalue weighted by atomic mass is 35.5. The Hall–Kier alpha value is -2.50. The SMILES string of the molecule is COc1ccccc1NC1=C(c2ccc(Cl)cc2Cl)C(=O)N(C)C1=O. The predicted octanol–water partition coefficient (Wildman–Crippen LogP) is 3.82. The zero-order valence-corrected chi connectivity index (χ0v) is 15.0. The first-order valence-electron chi connectivity index (χ1n) is 7.36. The number of imide groups is 1. The highest BCUT2D eigenvalue weighted by molar-refractivity contribution is 6.41. The van der Waals surface area contributed by atoms with Crippen LogP contribution in [0.5, 0.6) is 5.75 Å². The third-order valence-corrected chi connectivity index (χ3v) is 4.40.